The number of furan rings is 1. The Kier molecular flexibility index (Phi) is 7.78. The summed E-state index contributed by atoms with van der Waals surface area (Å²) < 4.78 is 6.76. The number of benzene rings is 9. The van der Waals surface area contributed by atoms with E-state index in [2.05, 4.69) is 146 Å². The first-order valence-corrected chi connectivity index (χ1v) is 19.2. The van der Waals surface area contributed by atoms with E-state index in [1.165, 1.54) is 27.1 Å². The summed E-state index contributed by atoms with van der Waals surface area (Å²) in [4.78, 5) is 15.5. The monoisotopic (exact) mass is 727 g/mol. The second-order valence-electron chi connectivity index (χ2n) is 14.4. The van der Waals surface area contributed by atoms with Gasteiger partial charge in [0, 0.05) is 33.0 Å². The molecule has 0 aliphatic heterocycles. The number of hydrogen-bond donors (Lipinski definition) is 0. The minimum absolute atomic E-state index is 0.586. The molecular formula is C53H33N3O. The van der Waals surface area contributed by atoms with E-state index in [9.17, 15) is 0 Å². The quantitative estimate of drug-likeness (QED) is 0.160. The van der Waals surface area contributed by atoms with Crippen molar-refractivity contribution in [3.8, 4) is 67.5 Å². The van der Waals surface area contributed by atoms with Gasteiger partial charge in [-0.15, -0.1) is 0 Å². The topological polar surface area (TPSA) is 51.8 Å². The number of nitrogens with zero attached hydrogens (tertiary/aromatic N) is 3. The lowest BCUT2D eigenvalue weighted by molar-refractivity contribution is 0.670. The van der Waals surface area contributed by atoms with Crippen LogP contribution in [0.3, 0.4) is 0 Å². The van der Waals surface area contributed by atoms with Gasteiger partial charge in [-0.25, -0.2) is 15.0 Å². The minimum Gasteiger partial charge on any atom is -0.455 e. The molecule has 0 aliphatic carbocycles. The van der Waals surface area contributed by atoms with Gasteiger partial charge in [0.25, 0.3) is 0 Å². The van der Waals surface area contributed by atoms with Gasteiger partial charge in [-0.3, -0.25) is 0 Å². The zero-order chi connectivity index (χ0) is 37.7. The van der Waals surface area contributed by atoms with Crippen molar-refractivity contribution >= 4 is 43.5 Å². The molecule has 0 aliphatic rings. The lowest BCUT2D eigenvalue weighted by Gasteiger charge is -2.12. The Morgan fingerprint density at radius 1 is 0.298 bits per heavy atom. The Bertz CT molecular complexity index is 3260. The van der Waals surface area contributed by atoms with Gasteiger partial charge in [-0.05, 0) is 73.6 Å². The van der Waals surface area contributed by atoms with Crippen LogP contribution < -0.4 is 0 Å². The highest BCUT2D eigenvalue weighted by Crippen LogP contribution is 2.43. The number of rotatable bonds is 6. The average molecular weight is 728 g/mol. The summed E-state index contributed by atoms with van der Waals surface area (Å²) in [6.07, 6.45) is 0. The van der Waals surface area contributed by atoms with Crippen LogP contribution in [0, 0.1) is 0 Å². The van der Waals surface area contributed by atoms with Crippen molar-refractivity contribution in [3.05, 3.63) is 200 Å². The normalized spacial score (nSPS) is 11.5. The average Bonchev–Trinajstić information content (AvgIpc) is 3.68. The van der Waals surface area contributed by atoms with Gasteiger partial charge in [-0.2, -0.15) is 0 Å². The second-order valence-corrected chi connectivity index (χ2v) is 14.4. The lowest BCUT2D eigenvalue weighted by atomic mass is 9.93. The van der Waals surface area contributed by atoms with E-state index in [0.29, 0.717) is 17.5 Å². The molecule has 0 spiro atoms. The van der Waals surface area contributed by atoms with Crippen molar-refractivity contribution < 1.29 is 4.42 Å². The molecule has 0 unspecified atom stereocenters. The fraction of sp³-hybridized carbons (Fsp3) is 0. The highest BCUT2D eigenvalue weighted by Gasteiger charge is 2.21. The summed E-state index contributed by atoms with van der Waals surface area (Å²) in [6.45, 7) is 0. The van der Waals surface area contributed by atoms with Crippen LogP contribution in [0.25, 0.3) is 111 Å². The maximum atomic E-state index is 6.76. The molecule has 4 nitrogen and oxygen atoms in total. The molecule has 11 rings (SSSR count). The van der Waals surface area contributed by atoms with Crippen LogP contribution >= 0.6 is 0 Å². The molecule has 0 bridgehead atoms. The molecule has 57 heavy (non-hydrogen) atoms. The van der Waals surface area contributed by atoms with Crippen molar-refractivity contribution in [1.82, 2.24) is 15.0 Å². The van der Waals surface area contributed by atoms with E-state index in [1.54, 1.807) is 0 Å². The number of hydrogen-bond acceptors (Lipinski definition) is 4. The predicted octanol–water partition coefficient (Wildman–Crippen LogP) is 14.1. The summed E-state index contributed by atoms with van der Waals surface area (Å²) in [5.41, 5.74) is 11.0. The molecule has 0 fully saturated rings. The summed E-state index contributed by atoms with van der Waals surface area (Å²) in [7, 11) is 0. The first-order chi connectivity index (χ1) is 28.2. The molecule has 4 heteroatoms. The SMILES string of the molecule is c1ccc(-c2cc(-c3ccccc3)c3oc4cccc(-c5nc(-c6ccccc6)nc(-c6ccc(-c7cc8ccccc8c8ccccc78)cc6)n5)c4c3c2)cc1. The Labute approximate surface area is 329 Å². The zero-order valence-corrected chi connectivity index (χ0v) is 30.8. The standard InChI is InChI=1S/C53H33N3O/c1-4-15-34(16-5-1)40-32-46(35-17-6-2-7-18-35)50-47(33-40)49-44(25-14-26-48(49)57-50)53-55-51(37-19-8-3-9-20-37)54-52(56-53)38-29-27-36(28-30-38)45-31-39-21-10-11-22-41(39)42-23-12-13-24-43(42)45/h1-33H. The first-order valence-electron chi connectivity index (χ1n) is 19.2. The number of fused-ring (bicyclic) bond motifs is 6. The van der Waals surface area contributed by atoms with Crippen LogP contribution in [-0.2, 0) is 0 Å². The fourth-order valence-electron chi connectivity index (χ4n) is 8.18. The Hall–Kier alpha value is -7.69. The third kappa shape index (κ3) is 5.74. The minimum atomic E-state index is 0.586. The largest absolute Gasteiger partial charge is 0.455 e. The maximum Gasteiger partial charge on any atom is 0.164 e. The molecule has 0 saturated heterocycles. The van der Waals surface area contributed by atoms with E-state index >= 15 is 0 Å². The predicted molar refractivity (Wildman–Crippen MR) is 235 cm³/mol. The smallest absolute Gasteiger partial charge is 0.164 e. The van der Waals surface area contributed by atoms with E-state index in [4.69, 9.17) is 19.4 Å². The highest BCUT2D eigenvalue weighted by atomic mass is 16.3. The third-order valence-corrected chi connectivity index (χ3v) is 10.9. The molecule has 0 atom stereocenters. The van der Waals surface area contributed by atoms with Gasteiger partial charge in [0.1, 0.15) is 11.2 Å². The second kappa shape index (κ2) is 13.6. The van der Waals surface area contributed by atoms with Crippen molar-refractivity contribution in [3.63, 3.8) is 0 Å². The van der Waals surface area contributed by atoms with E-state index in [1.807, 2.05) is 54.6 Å². The summed E-state index contributed by atoms with van der Waals surface area (Å²) in [5.74, 6) is 1.80. The van der Waals surface area contributed by atoms with Gasteiger partial charge >= 0.3 is 0 Å². The Morgan fingerprint density at radius 3 is 1.56 bits per heavy atom. The summed E-state index contributed by atoms with van der Waals surface area (Å²) >= 11 is 0. The molecular weight excluding hydrogens is 695 g/mol. The van der Waals surface area contributed by atoms with Gasteiger partial charge in [0.15, 0.2) is 17.5 Å². The van der Waals surface area contributed by atoms with Crippen molar-refractivity contribution in [2.45, 2.75) is 0 Å². The third-order valence-electron chi connectivity index (χ3n) is 10.9. The van der Waals surface area contributed by atoms with Gasteiger partial charge in [-0.1, -0.05) is 176 Å². The van der Waals surface area contributed by atoms with Crippen molar-refractivity contribution in [1.29, 1.82) is 0 Å². The van der Waals surface area contributed by atoms with Crippen molar-refractivity contribution in [2.24, 2.45) is 0 Å². The molecule has 0 radical (unpaired) electrons. The molecule has 0 saturated carbocycles. The van der Waals surface area contributed by atoms with Crippen LogP contribution in [0.1, 0.15) is 0 Å². The molecule has 2 aromatic heterocycles. The molecule has 266 valence electrons. The van der Waals surface area contributed by atoms with Crippen LogP contribution in [0.4, 0.5) is 0 Å². The van der Waals surface area contributed by atoms with E-state index in [-0.39, 0.29) is 0 Å². The molecule has 9 aromatic carbocycles. The van der Waals surface area contributed by atoms with Crippen LogP contribution in [0.15, 0.2) is 205 Å². The Balaban J connectivity index is 1.10. The lowest BCUT2D eigenvalue weighted by Crippen LogP contribution is -2.00. The van der Waals surface area contributed by atoms with Crippen LogP contribution in [-0.4, -0.2) is 15.0 Å². The molecule has 0 amide bonds. The van der Waals surface area contributed by atoms with Crippen LogP contribution in [0.5, 0.6) is 0 Å². The number of aromatic nitrogens is 3. The molecule has 11 aromatic rings. The first kappa shape index (κ1) is 32.7. The summed E-state index contributed by atoms with van der Waals surface area (Å²) in [6, 6.07) is 69.8. The fourth-order valence-corrected chi connectivity index (χ4v) is 8.18. The maximum absolute atomic E-state index is 6.76. The zero-order valence-electron chi connectivity index (χ0n) is 30.8. The van der Waals surface area contributed by atoms with E-state index in [0.717, 1.165) is 66.4 Å². The molecule has 2 heterocycles. The summed E-state index contributed by atoms with van der Waals surface area (Å²) in [5, 5.41) is 6.93. The van der Waals surface area contributed by atoms with Gasteiger partial charge in [0.05, 0.1) is 0 Å². The highest BCUT2D eigenvalue weighted by molar-refractivity contribution is 6.16. The van der Waals surface area contributed by atoms with Crippen LogP contribution in [0.2, 0.25) is 0 Å². The van der Waals surface area contributed by atoms with E-state index < -0.39 is 0 Å². The van der Waals surface area contributed by atoms with Gasteiger partial charge < -0.3 is 4.42 Å². The molecule has 0 N–H and O–H groups in total. The van der Waals surface area contributed by atoms with Crippen molar-refractivity contribution in [2.75, 3.05) is 0 Å². The van der Waals surface area contributed by atoms with Gasteiger partial charge in [0.2, 0.25) is 0 Å². The Morgan fingerprint density at radius 2 is 0.842 bits per heavy atom.